The van der Waals surface area contributed by atoms with E-state index in [9.17, 15) is 4.79 Å². The molecule has 0 aromatic heterocycles. The van der Waals surface area contributed by atoms with Crippen LogP contribution in [0.2, 0.25) is 0 Å². The number of ether oxygens (including phenoxy) is 1. The molecule has 0 saturated carbocycles. The van der Waals surface area contributed by atoms with E-state index in [0.717, 1.165) is 44.7 Å². The van der Waals surface area contributed by atoms with E-state index < -0.39 is 0 Å². The fraction of sp³-hybridized carbons (Fsp3) is 0.625. The molecule has 2 heterocycles. The highest BCUT2D eigenvalue weighted by atomic mass is 16.6. The fourth-order valence-electron chi connectivity index (χ4n) is 5.74. The minimum absolute atomic E-state index is 0.151. The number of hydrogen-bond acceptors (Lipinski definition) is 4. The van der Waals surface area contributed by atoms with Crippen molar-refractivity contribution in [2.75, 3.05) is 32.8 Å². The number of nitrogens with one attached hydrogen (secondary N) is 1. The molecule has 1 aromatic rings. The van der Waals surface area contributed by atoms with E-state index in [1.807, 2.05) is 11.8 Å². The summed E-state index contributed by atoms with van der Waals surface area (Å²) in [6.45, 7) is 12.4. The molecule has 2 aliphatic heterocycles. The zero-order valence-electron chi connectivity index (χ0n) is 18.0. The number of likely N-dealkylation sites (tertiary alicyclic amines) is 2. The Morgan fingerprint density at radius 3 is 2.55 bits per heavy atom. The molecule has 1 aromatic carbocycles. The molecule has 5 heteroatoms. The summed E-state index contributed by atoms with van der Waals surface area (Å²) in [7, 11) is 0. The van der Waals surface area contributed by atoms with Crippen molar-refractivity contribution in [3.05, 3.63) is 47.7 Å². The van der Waals surface area contributed by atoms with Gasteiger partial charge in [-0.15, -0.1) is 0 Å². The first-order valence-corrected chi connectivity index (χ1v) is 11.2. The van der Waals surface area contributed by atoms with Gasteiger partial charge in [0.05, 0.1) is 12.6 Å². The van der Waals surface area contributed by atoms with Crippen LogP contribution in [0.3, 0.4) is 0 Å². The number of allylic oxidation sites excluding steroid dienone is 1. The van der Waals surface area contributed by atoms with E-state index in [2.05, 4.69) is 48.0 Å². The van der Waals surface area contributed by atoms with E-state index in [-0.39, 0.29) is 6.09 Å². The predicted octanol–water partition coefficient (Wildman–Crippen LogP) is 4.21. The van der Waals surface area contributed by atoms with Crippen LogP contribution >= 0.6 is 0 Å². The lowest BCUT2D eigenvalue weighted by Crippen LogP contribution is -2.51. The van der Waals surface area contributed by atoms with E-state index in [0.29, 0.717) is 24.1 Å². The molecule has 1 atom stereocenters. The van der Waals surface area contributed by atoms with Crippen molar-refractivity contribution in [1.29, 1.82) is 0 Å². The topological polar surface area (TPSA) is 44.8 Å². The summed E-state index contributed by atoms with van der Waals surface area (Å²) in [5.41, 5.74) is 4.36. The number of rotatable bonds is 4. The van der Waals surface area contributed by atoms with Crippen LogP contribution in [-0.4, -0.2) is 54.7 Å². The first kappa shape index (κ1) is 20.3. The van der Waals surface area contributed by atoms with Gasteiger partial charge in [-0.1, -0.05) is 30.8 Å². The third-order valence-electron chi connectivity index (χ3n) is 7.19. The average Bonchev–Trinajstić information content (AvgIpc) is 3.02. The van der Waals surface area contributed by atoms with Gasteiger partial charge < -0.3 is 19.9 Å². The van der Waals surface area contributed by atoms with Crippen molar-refractivity contribution in [3.63, 3.8) is 0 Å². The van der Waals surface area contributed by atoms with Crippen LogP contribution in [0.15, 0.2) is 36.5 Å². The second-order valence-electron chi connectivity index (χ2n) is 9.00. The second kappa shape index (κ2) is 8.39. The largest absolute Gasteiger partial charge is 0.450 e. The molecule has 2 saturated heterocycles. The molecule has 1 spiro atoms. The Labute approximate surface area is 175 Å². The molecule has 2 fully saturated rings. The van der Waals surface area contributed by atoms with Gasteiger partial charge in [0.1, 0.15) is 0 Å². The van der Waals surface area contributed by atoms with Crippen LogP contribution in [-0.2, 0) is 10.2 Å². The maximum atomic E-state index is 12.0. The number of carbonyl (C=O) groups excluding carboxylic acids is 1. The van der Waals surface area contributed by atoms with Crippen LogP contribution in [0.4, 0.5) is 4.79 Å². The van der Waals surface area contributed by atoms with Crippen LogP contribution in [0.25, 0.3) is 0 Å². The molecule has 158 valence electrons. The molecule has 5 nitrogen and oxygen atoms in total. The van der Waals surface area contributed by atoms with E-state index in [1.165, 1.54) is 24.8 Å². The molecular formula is C24H35N3O2. The van der Waals surface area contributed by atoms with Gasteiger partial charge in [-0.05, 0) is 70.2 Å². The van der Waals surface area contributed by atoms with Gasteiger partial charge >= 0.3 is 6.09 Å². The van der Waals surface area contributed by atoms with Crippen LogP contribution < -0.4 is 5.32 Å². The lowest BCUT2D eigenvalue weighted by molar-refractivity contribution is 0.0553. The van der Waals surface area contributed by atoms with Gasteiger partial charge in [0.15, 0.2) is 0 Å². The van der Waals surface area contributed by atoms with Crippen LogP contribution in [0.5, 0.6) is 0 Å². The van der Waals surface area contributed by atoms with Gasteiger partial charge in [-0.25, -0.2) is 4.79 Å². The monoisotopic (exact) mass is 397 g/mol. The van der Waals surface area contributed by atoms with Crippen molar-refractivity contribution in [1.82, 2.24) is 15.1 Å². The third-order valence-corrected chi connectivity index (χ3v) is 7.19. The number of nitrogens with zero attached hydrogens (tertiary/aromatic N) is 2. The molecule has 0 radical (unpaired) electrons. The predicted molar refractivity (Wildman–Crippen MR) is 116 cm³/mol. The summed E-state index contributed by atoms with van der Waals surface area (Å²) in [4.78, 5) is 16.5. The van der Waals surface area contributed by atoms with Crippen molar-refractivity contribution < 1.29 is 9.53 Å². The highest BCUT2D eigenvalue weighted by Crippen LogP contribution is 2.51. The zero-order chi connectivity index (χ0) is 20.4. The summed E-state index contributed by atoms with van der Waals surface area (Å²) >= 11 is 0. The molecule has 4 rings (SSSR count). The van der Waals surface area contributed by atoms with Crippen molar-refractivity contribution in [2.24, 2.45) is 0 Å². The summed E-state index contributed by atoms with van der Waals surface area (Å²) in [5.74, 6) is 0. The van der Waals surface area contributed by atoms with E-state index in [1.54, 1.807) is 5.56 Å². The highest BCUT2D eigenvalue weighted by Gasteiger charge is 2.46. The Bertz CT molecular complexity index is 746. The quantitative estimate of drug-likeness (QED) is 0.827. The molecule has 0 unspecified atom stereocenters. The van der Waals surface area contributed by atoms with E-state index >= 15 is 0 Å². The Balaban J connectivity index is 1.37. The van der Waals surface area contributed by atoms with Crippen LogP contribution in [0, 0.1) is 0 Å². The summed E-state index contributed by atoms with van der Waals surface area (Å²) in [6.07, 6.45) is 5.58. The lowest BCUT2D eigenvalue weighted by atomic mass is 9.73. The number of amides is 1. The first-order chi connectivity index (χ1) is 14.0. The summed E-state index contributed by atoms with van der Waals surface area (Å²) < 4.78 is 5.16. The molecule has 1 N–H and O–H groups in total. The molecular weight excluding hydrogens is 362 g/mol. The fourth-order valence-corrected chi connectivity index (χ4v) is 5.74. The standard InChI is InChI=1S/C24H35N3O2/c1-4-29-23(28)27-13-9-19(10-14-27)26-15-11-24(12-16-26)17-22(25-18(2)3)20-7-5-6-8-21(20)24/h5-8,19,22,25H,2,4,9-17H2,1,3H3/t22-/m1/s1. The summed E-state index contributed by atoms with van der Waals surface area (Å²) in [6, 6.07) is 9.99. The average molecular weight is 398 g/mol. The van der Waals surface area contributed by atoms with Gasteiger partial charge in [-0.2, -0.15) is 0 Å². The minimum Gasteiger partial charge on any atom is -0.450 e. The minimum atomic E-state index is -0.151. The Hall–Kier alpha value is -2.01. The van der Waals surface area contributed by atoms with Crippen molar-refractivity contribution in [2.45, 2.75) is 63.5 Å². The molecule has 29 heavy (non-hydrogen) atoms. The van der Waals surface area contributed by atoms with Crippen molar-refractivity contribution in [3.8, 4) is 0 Å². The first-order valence-electron chi connectivity index (χ1n) is 11.2. The Morgan fingerprint density at radius 1 is 1.21 bits per heavy atom. The lowest BCUT2D eigenvalue weighted by Gasteiger charge is -2.45. The van der Waals surface area contributed by atoms with Gasteiger partial charge in [0.25, 0.3) is 0 Å². The number of benzene rings is 1. The summed E-state index contributed by atoms with van der Waals surface area (Å²) in [5, 5.41) is 3.61. The molecule has 1 aliphatic carbocycles. The highest BCUT2D eigenvalue weighted by molar-refractivity contribution is 5.67. The van der Waals surface area contributed by atoms with Gasteiger partial charge in [-0.3, -0.25) is 0 Å². The normalized spacial score (nSPS) is 24.3. The Morgan fingerprint density at radius 2 is 1.90 bits per heavy atom. The number of fused-ring (bicyclic) bond motifs is 2. The van der Waals surface area contributed by atoms with Crippen molar-refractivity contribution >= 4 is 6.09 Å². The van der Waals surface area contributed by atoms with Gasteiger partial charge in [0.2, 0.25) is 0 Å². The molecule has 0 bridgehead atoms. The SMILES string of the molecule is C=C(C)N[C@@H]1CC2(CCN(C3CCN(C(=O)OCC)CC3)CC2)c2ccccc21. The number of piperidine rings is 2. The Kier molecular flexibility index (Phi) is 5.86. The second-order valence-corrected chi connectivity index (χ2v) is 9.00. The molecule has 1 amide bonds. The smallest absolute Gasteiger partial charge is 0.409 e. The van der Waals surface area contributed by atoms with Gasteiger partial charge in [0, 0.05) is 30.2 Å². The number of carbonyl (C=O) groups is 1. The maximum absolute atomic E-state index is 12.0. The maximum Gasteiger partial charge on any atom is 0.409 e. The molecule has 3 aliphatic rings. The van der Waals surface area contributed by atoms with Crippen LogP contribution in [0.1, 0.15) is 63.1 Å². The third kappa shape index (κ3) is 4.02. The number of hydrogen-bond donors (Lipinski definition) is 1. The van der Waals surface area contributed by atoms with E-state index in [4.69, 9.17) is 4.74 Å². The zero-order valence-corrected chi connectivity index (χ0v) is 18.0.